The number of pyridine rings is 1. The number of aryl methyl sites for hydroxylation is 1. The van der Waals surface area contributed by atoms with Crippen molar-refractivity contribution in [2.24, 2.45) is 7.05 Å². The zero-order chi connectivity index (χ0) is 17.8. The van der Waals surface area contributed by atoms with Crippen LogP contribution in [0.15, 0.2) is 55.0 Å². The number of hydrogen-bond donors (Lipinski definition) is 1. The molecule has 0 atom stereocenters. The van der Waals surface area contributed by atoms with Gasteiger partial charge in [-0.3, -0.25) is 14.5 Å². The fourth-order valence-corrected chi connectivity index (χ4v) is 2.46. The number of anilines is 1. The molecule has 0 spiro atoms. The summed E-state index contributed by atoms with van der Waals surface area (Å²) >= 11 is 0. The Balaban J connectivity index is 1.80. The Labute approximate surface area is 146 Å². The van der Waals surface area contributed by atoms with E-state index in [0.717, 1.165) is 11.3 Å². The summed E-state index contributed by atoms with van der Waals surface area (Å²) in [5.41, 5.74) is 2.60. The number of ether oxygens (including phenoxy) is 1. The van der Waals surface area contributed by atoms with E-state index in [1.165, 1.54) is 0 Å². The van der Waals surface area contributed by atoms with Gasteiger partial charge in [0.2, 0.25) is 0 Å². The Kier molecular flexibility index (Phi) is 4.79. The molecule has 1 aromatic carbocycles. The van der Waals surface area contributed by atoms with E-state index >= 15 is 0 Å². The lowest BCUT2D eigenvalue weighted by Gasteiger charge is -2.10. The highest BCUT2D eigenvalue weighted by Gasteiger charge is 2.17. The van der Waals surface area contributed by atoms with Crippen LogP contribution in [0.3, 0.4) is 0 Å². The number of nitrogens with one attached hydrogen (secondary N) is 1. The molecule has 0 radical (unpaired) electrons. The summed E-state index contributed by atoms with van der Waals surface area (Å²) in [5.74, 6) is 0.551. The second-order valence-corrected chi connectivity index (χ2v) is 5.95. The Morgan fingerprint density at radius 3 is 2.60 bits per heavy atom. The molecule has 6 heteroatoms. The van der Waals surface area contributed by atoms with Gasteiger partial charge in [0.25, 0.3) is 5.91 Å². The number of hydrogen-bond acceptors (Lipinski definition) is 4. The molecule has 128 valence electrons. The molecule has 3 aromatic rings. The van der Waals surface area contributed by atoms with Crippen molar-refractivity contribution in [1.82, 2.24) is 14.8 Å². The molecule has 0 saturated heterocycles. The van der Waals surface area contributed by atoms with Crippen LogP contribution in [0.5, 0.6) is 5.75 Å². The van der Waals surface area contributed by atoms with Gasteiger partial charge >= 0.3 is 0 Å². The minimum atomic E-state index is -0.218. The Hall–Kier alpha value is -3.15. The van der Waals surface area contributed by atoms with Crippen LogP contribution < -0.4 is 10.1 Å². The van der Waals surface area contributed by atoms with Crippen molar-refractivity contribution in [2.45, 2.75) is 20.0 Å². The highest BCUT2D eigenvalue weighted by Crippen LogP contribution is 2.23. The van der Waals surface area contributed by atoms with Crippen molar-refractivity contribution < 1.29 is 9.53 Å². The summed E-state index contributed by atoms with van der Waals surface area (Å²) in [7, 11) is 1.79. The predicted octanol–water partition coefficient (Wildman–Crippen LogP) is 3.52. The number of carbonyl (C=O) groups is 1. The summed E-state index contributed by atoms with van der Waals surface area (Å²) in [6.07, 6.45) is 5.19. The third-order valence-corrected chi connectivity index (χ3v) is 3.49. The lowest BCUT2D eigenvalue weighted by Crippen LogP contribution is -2.12. The van der Waals surface area contributed by atoms with E-state index in [-0.39, 0.29) is 12.0 Å². The predicted molar refractivity (Wildman–Crippen MR) is 96.6 cm³/mol. The van der Waals surface area contributed by atoms with Crippen molar-refractivity contribution in [3.8, 4) is 17.0 Å². The maximum absolute atomic E-state index is 12.7. The Bertz CT molecular complexity index is 855. The van der Waals surface area contributed by atoms with E-state index in [4.69, 9.17) is 4.74 Å². The third-order valence-electron chi connectivity index (χ3n) is 3.49. The lowest BCUT2D eigenvalue weighted by molar-refractivity contribution is 0.102. The topological polar surface area (TPSA) is 69.0 Å². The van der Waals surface area contributed by atoms with E-state index < -0.39 is 0 Å². The average molecular weight is 336 g/mol. The lowest BCUT2D eigenvalue weighted by atomic mass is 10.1. The van der Waals surface area contributed by atoms with E-state index in [2.05, 4.69) is 15.4 Å². The molecule has 0 fully saturated rings. The number of carbonyl (C=O) groups excluding carboxylic acids is 1. The molecule has 0 aliphatic heterocycles. The van der Waals surface area contributed by atoms with Gasteiger partial charge in [-0.2, -0.15) is 5.10 Å². The molecule has 3 rings (SSSR count). The van der Waals surface area contributed by atoms with Crippen molar-refractivity contribution in [3.63, 3.8) is 0 Å². The van der Waals surface area contributed by atoms with Gasteiger partial charge in [0.05, 0.1) is 11.7 Å². The fourth-order valence-electron chi connectivity index (χ4n) is 2.46. The van der Waals surface area contributed by atoms with Gasteiger partial charge in [-0.05, 0) is 50.2 Å². The summed E-state index contributed by atoms with van der Waals surface area (Å²) in [6.45, 7) is 3.94. The van der Waals surface area contributed by atoms with Crippen LogP contribution in [0.2, 0.25) is 0 Å². The molecule has 0 aliphatic rings. The minimum Gasteiger partial charge on any atom is -0.491 e. The number of aromatic nitrogens is 3. The Morgan fingerprint density at radius 1 is 1.20 bits per heavy atom. The molecule has 6 nitrogen and oxygen atoms in total. The smallest absolute Gasteiger partial charge is 0.259 e. The first-order valence-corrected chi connectivity index (χ1v) is 8.05. The molecule has 2 aromatic heterocycles. The van der Waals surface area contributed by atoms with Gasteiger partial charge in [0, 0.05) is 36.9 Å². The van der Waals surface area contributed by atoms with E-state index in [1.807, 2.05) is 50.2 Å². The van der Waals surface area contributed by atoms with Gasteiger partial charge in [0.1, 0.15) is 11.4 Å². The van der Waals surface area contributed by atoms with Crippen LogP contribution in [0, 0.1) is 0 Å². The van der Waals surface area contributed by atoms with E-state index in [1.54, 1.807) is 30.3 Å². The molecule has 1 N–H and O–H groups in total. The first-order valence-electron chi connectivity index (χ1n) is 8.05. The number of nitrogens with zero attached hydrogens (tertiary/aromatic N) is 3. The second kappa shape index (κ2) is 7.17. The van der Waals surface area contributed by atoms with E-state index in [0.29, 0.717) is 16.9 Å². The molecule has 1 amide bonds. The number of amides is 1. The average Bonchev–Trinajstić information content (AvgIpc) is 2.99. The fraction of sp³-hybridized carbons (Fsp3) is 0.211. The highest BCUT2D eigenvalue weighted by molar-refractivity contribution is 6.08. The normalized spacial score (nSPS) is 10.7. The molecular weight excluding hydrogens is 316 g/mol. The molecule has 0 aliphatic carbocycles. The molecule has 0 bridgehead atoms. The van der Waals surface area contributed by atoms with Crippen molar-refractivity contribution in [2.75, 3.05) is 5.32 Å². The third kappa shape index (κ3) is 4.03. The van der Waals surface area contributed by atoms with Crippen molar-refractivity contribution in [1.29, 1.82) is 0 Å². The maximum atomic E-state index is 12.7. The van der Waals surface area contributed by atoms with Gasteiger partial charge in [0.15, 0.2) is 0 Å². The van der Waals surface area contributed by atoms with Crippen LogP contribution in [0.25, 0.3) is 11.3 Å². The molecule has 2 heterocycles. The monoisotopic (exact) mass is 336 g/mol. The SMILES string of the molecule is CC(C)Oc1ccc(NC(=O)c2cn(C)nc2-c2cccnc2)cc1. The summed E-state index contributed by atoms with van der Waals surface area (Å²) < 4.78 is 7.23. The zero-order valence-electron chi connectivity index (χ0n) is 14.4. The van der Waals surface area contributed by atoms with E-state index in [9.17, 15) is 4.79 Å². The van der Waals surface area contributed by atoms with Crippen LogP contribution in [0.4, 0.5) is 5.69 Å². The van der Waals surface area contributed by atoms with Gasteiger partial charge < -0.3 is 10.1 Å². The van der Waals surface area contributed by atoms with Gasteiger partial charge in [-0.25, -0.2) is 0 Å². The standard InChI is InChI=1S/C19H20N4O2/c1-13(2)25-16-8-6-15(7-9-16)21-19(24)17-12-23(3)22-18(17)14-5-4-10-20-11-14/h4-13H,1-3H3,(H,21,24). The maximum Gasteiger partial charge on any atom is 0.259 e. The first kappa shape index (κ1) is 16.7. The second-order valence-electron chi connectivity index (χ2n) is 5.95. The largest absolute Gasteiger partial charge is 0.491 e. The van der Waals surface area contributed by atoms with Gasteiger partial charge in [-0.1, -0.05) is 0 Å². The van der Waals surface area contributed by atoms with Crippen LogP contribution >= 0.6 is 0 Å². The van der Waals surface area contributed by atoms with Crippen molar-refractivity contribution >= 4 is 11.6 Å². The quantitative estimate of drug-likeness (QED) is 0.774. The number of benzene rings is 1. The van der Waals surface area contributed by atoms with Crippen molar-refractivity contribution in [3.05, 3.63) is 60.6 Å². The molecular formula is C19H20N4O2. The van der Waals surface area contributed by atoms with Crippen LogP contribution in [-0.4, -0.2) is 26.8 Å². The summed E-state index contributed by atoms with van der Waals surface area (Å²) in [6, 6.07) is 11.0. The van der Waals surface area contributed by atoms with Crippen LogP contribution in [0.1, 0.15) is 24.2 Å². The number of rotatable bonds is 5. The van der Waals surface area contributed by atoms with Gasteiger partial charge in [-0.15, -0.1) is 0 Å². The minimum absolute atomic E-state index is 0.109. The molecule has 0 unspecified atom stereocenters. The molecule has 0 saturated carbocycles. The van der Waals surface area contributed by atoms with Crippen LogP contribution in [-0.2, 0) is 7.05 Å². The molecule has 25 heavy (non-hydrogen) atoms. The Morgan fingerprint density at radius 2 is 1.96 bits per heavy atom. The zero-order valence-corrected chi connectivity index (χ0v) is 14.4. The first-order chi connectivity index (χ1) is 12.0. The summed E-state index contributed by atoms with van der Waals surface area (Å²) in [5, 5.41) is 7.28. The highest BCUT2D eigenvalue weighted by atomic mass is 16.5. The summed E-state index contributed by atoms with van der Waals surface area (Å²) in [4.78, 5) is 16.8.